The summed E-state index contributed by atoms with van der Waals surface area (Å²) in [6, 6.07) is 6.10. The van der Waals surface area contributed by atoms with Crippen molar-refractivity contribution in [2.45, 2.75) is 19.8 Å². The summed E-state index contributed by atoms with van der Waals surface area (Å²) >= 11 is 7.75. The van der Waals surface area contributed by atoms with Gasteiger partial charge in [0.15, 0.2) is 0 Å². The smallest absolute Gasteiger partial charge is 0.0413 e. The van der Waals surface area contributed by atoms with Crippen molar-refractivity contribution in [2.75, 3.05) is 0 Å². The third-order valence-corrected chi connectivity index (χ3v) is 3.40. The molecule has 0 bridgehead atoms. The van der Waals surface area contributed by atoms with Crippen LogP contribution in [0.1, 0.15) is 25.3 Å². The van der Waals surface area contributed by atoms with E-state index in [9.17, 15) is 0 Å². The lowest BCUT2D eigenvalue weighted by atomic mass is 10.0. The molecule has 0 amide bonds. The lowest BCUT2D eigenvalue weighted by Gasteiger charge is -2.02. The molecule has 2 aromatic rings. The second kappa shape index (κ2) is 3.32. The Balaban J connectivity index is 2.71. The minimum atomic E-state index is 0.576. The van der Waals surface area contributed by atoms with Crippen LogP contribution in [0.5, 0.6) is 0 Å². The van der Waals surface area contributed by atoms with Crippen LogP contribution in [0.2, 0.25) is 5.02 Å². The van der Waals surface area contributed by atoms with E-state index in [0.717, 1.165) is 5.02 Å². The summed E-state index contributed by atoms with van der Waals surface area (Å²) in [5.74, 6) is 0.576. The Kier molecular flexibility index (Phi) is 2.31. The molecule has 0 saturated heterocycles. The van der Waals surface area contributed by atoms with Crippen LogP contribution in [0.4, 0.5) is 0 Å². The van der Waals surface area contributed by atoms with Gasteiger partial charge in [0.2, 0.25) is 0 Å². The molecular weight excluding hydrogens is 200 g/mol. The summed E-state index contributed by atoms with van der Waals surface area (Å²) in [6.07, 6.45) is 0. The van der Waals surface area contributed by atoms with Gasteiger partial charge in [-0.05, 0) is 40.4 Å². The molecule has 0 spiro atoms. The average molecular weight is 211 g/mol. The molecule has 2 heteroatoms. The highest BCUT2D eigenvalue weighted by Crippen LogP contribution is 2.32. The van der Waals surface area contributed by atoms with Gasteiger partial charge in [-0.15, -0.1) is 11.3 Å². The molecule has 0 saturated carbocycles. The van der Waals surface area contributed by atoms with Gasteiger partial charge in [-0.1, -0.05) is 25.4 Å². The Morgan fingerprint density at radius 3 is 2.77 bits per heavy atom. The molecule has 68 valence electrons. The highest BCUT2D eigenvalue weighted by atomic mass is 35.5. The van der Waals surface area contributed by atoms with E-state index in [1.165, 1.54) is 15.6 Å². The maximum Gasteiger partial charge on any atom is 0.0413 e. The molecule has 0 aliphatic rings. The van der Waals surface area contributed by atoms with Crippen molar-refractivity contribution in [1.82, 2.24) is 0 Å². The zero-order chi connectivity index (χ0) is 9.42. The molecule has 0 nitrogen and oxygen atoms in total. The van der Waals surface area contributed by atoms with Crippen molar-refractivity contribution < 1.29 is 0 Å². The molecule has 0 N–H and O–H groups in total. The number of benzene rings is 1. The first-order valence-electron chi connectivity index (χ1n) is 4.35. The Hall–Kier alpha value is -0.530. The van der Waals surface area contributed by atoms with E-state index in [-0.39, 0.29) is 0 Å². The fourth-order valence-electron chi connectivity index (χ4n) is 1.47. The van der Waals surface area contributed by atoms with Gasteiger partial charge in [-0.2, -0.15) is 0 Å². The van der Waals surface area contributed by atoms with Crippen LogP contribution in [-0.4, -0.2) is 0 Å². The molecule has 0 fully saturated rings. The second-order valence-corrected chi connectivity index (χ2v) is 4.83. The quantitative estimate of drug-likeness (QED) is 0.641. The summed E-state index contributed by atoms with van der Waals surface area (Å²) in [5, 5.41) is 4.37. The van der Waals surface area contributed by atoms with Crippen LogP contribution in [-0.2, 0) is 0 Å². The van der Waals surface area contributed by atoms with Gasteiger partial charge in [-0.3, -0.25) is 0 Å². The van der Waals surface area contributed by atoms with Crippen LogP contribution in [0.15, 0.2) is 23.6 Å². The summed E-state index contributed by atoms with van der Waals surface area (Å²) < 4.78 is 1.33. The lowest BCUT2D eigenvalue weighted by molar-refractivity contribution is 0.880. The van der Waals surface area contributed by atoms with Gasteiger partial charge < -0.3 is 0 Å². The number of halogens is 1. The standard InChI is InChI=1S/C11H11ClS/c1-7(2)10-6-13-11-4-3-8(12)5-9(10)11/h3-7H,1-2H3. The van der Waals surface area contributed by atoms with Crippen molar-refractivity contribution in [1.29, 1.82) is 0 Å². The highest BCUT2D eigenvalue weighted by molar-refractivity contribution is 7.17. The SMILES string of the molecule is CC(C)c1csc2ccc(Cl)cc12. The first kappa shape index (κ1) is 9.04. The highest BCUT2D eigenvalue weighted by Gasteiger charge is 2.07. The van der Waals surface area contributed by atoms with Crippen LogP contribution in [0.25, 0.3) is 10.1 Å². The summed E-state index contributed by atoms with van der Waals surface area (Å²) in [7, 11) is 0. The Bertz CT molecular complexity index is 429. The maximum atomic E-state index is 5.96. The Morgan fingerprint density at radius 1 is 1.31 bits per heavy atom. The summed E-state index contributed by atoms with van der Waals surface area (Å²) in [6.45, 7) is 4.42. The molecule has 2 rings (SSSR count). The van der Waals surface area contributed by atoms with E-state index >= 15 is 0 Å². The van der Waals surface area contributed by atoms with Gasteiger partial charge in [0.25, 0.3) is 0 Å². The van der Waals surface area contributed by atoms with E-state index < -0.39 is 0 Å². The number of fused-ring (bicyclic) bond motifs is 1. The van der Waals surface area contributed by atoms with Crippen LogP contribution in [0.3, 0.4) is 0 Å². The number of thiophene rings is 1. The Labute approximate surface area is 87.2 Å². The second-order valence-electron chi connectivity index (χ2n) is 3.49. The molecule has 0 atom stereocenters. The summed E-state index contributed by atoms with van der Waals surface area (Å²) in [5.41, 5.74) is 1.41. The van der Waals surface area contributed by atoms with Gasteiger partial charge in [0.05, 0.1) is 0 Å². The number of hydrogen-bond donors (Lipinski definition) is 0. The van der Waals surface area contributed by atoms with Crippen molar-refractivity contribution in [3.05, 3.63) is 34.2 Å². The maximum absolute atomic E-state index is 5.96. The Morgan fingerprint density at radius 2 is 2.08 bits per heavy atom. The minimum absolute atomic E-state index is 0.576. The molecule has 1 heterocycles. The van der Waals surface area contributed by atoms with Crippen molar-refractivity contribution in [2.24, 2.45) is 0 Å². The van der Waals surface area contributed by atoms with E-state index in [0.29, 0.717) is 5.92 Å². The van der Waals surface area contributed by atoms with Crippen LogP contribution in [0, 0.1) is 0 Å². The topological polar surface area (TPSA) is 0 Å². The molecule has 13 heavy (non-hydrogen) atoms. The first-order valence-corrected chi connectivity index (χ1v) is 5.61. The third-order valence-electron chi connectivity index (χ3n) is 2.19. The predicted molar refractivity (Wildman–Crippen MR) is 60.9 cm³/mol. The molecule has 1 aromatic heterocycles. The van der Waals surface area contributed by atoms with Crippen LogP contribution >= 0.6 is 22.9 Å². The zero-order valence-electron chi connectivity index (χ0n) is 7.67. The average Bonchev–Trinajstić information content (AvgIpc) is 2.46. The van der Waals surface area contributed by atoms with Crippen molar-refractivity contribution >= 4 is 33.0 Å². The molecule has 0 aliphatic carbocycles. The monoisotopic (exact) mass is 210 g/mol. The minimum Gasteiger partial charge on any atom is -0.144 e. The van der Waals surface area contributed by atoms with Crippen LogP contribution < -0.4 is 0 Å². The lowest BCUT2D eigenvalue weighted by Crippen LogP contribution is -1.83. The third kappa shape index (κ3) is 1.59. The zero-order valence-corrected chi connectivity index (χ0v) is 9.25. The number of rotatable bonds is 1. The van der Waals surface area contributed by atoms with Gasteiger partial charge >= 0.3 is 0 Å². The fraction of sp³-hybridized carbons (Fsp3) is 0.273. The van der Waals surface area contributed by atoms with E-state index in [2.05, 4.69) is 31.4 Å². The molecule has 0 aliphatic heterocycles. The first-order chi connectivity index (χ1) is 6.18. The van der Waals surface area contributed by atoms with Crippen molar-refractivity contribution in [3.63, 3.8) is 0 Å². The van der Waals surface area contributed by atoms with E-state index in [1.807, 2.05) is 6.07 Å². The van der Waals surface area contributed by atoms with Crippen molar-refractivity contribution in [3.8, 4) is 0 Å². The van der Waals surface area contributed by atoms with Gasteiger partial charge in [0.1, 0.15) is 0 Å². The largest absolute Gasteiger partial charge is 0.144 e. The number of hydrogen-bond acceptors (Lipinski definition) is 1. The summed E-state index contributed by atoms with van der Waals surface area (Å²) in [4.78, 5) is 0. The fourth-order valence-corrected chi connectivity index (χ4v) is 2.74. The van der Waals surface area contributed by atoms with E-state index in [1.54, 1.807) is 11.3 Å². The van der Waals surface area contributed by atoms with E-state index in [4.69, 9.17) is 11.6 Å². The predicted octanol–water partition coefficient (Wildman–Crippen LogP) is 4.68. The molecule has 1 aromatic carbocycles. The van der Waals surface area contributed by atoms with Gasteiger partial charge in [0, 0.05) is 9.72 Å². The molecular formula is C11H11ClS. The van der Waals surface area contributed by atoms with Gasteiger partial charge in [-0.25, -0.2) is 0 Å². The molecule has 0 unspecified atom stereocenters. The normalized spacial score (nSPS) is 11.4. The molecule has 0 radical (unpaired) electrons.